The highest BCUT2D eigenvalue weighted by atomic mass is 16.4. The van der Waals surface area contributed by atoms with Crippen molar-refractivity contribution in [3.63, 3.8) is 0 Å². The van der Waals surface area contributed by atoms with Crippen LogP contribution in [-0.2, 0) is 9.59 Å². The Labute approximate surface area is 125 Å². The molecule has 1 aliphatic carbocycles. The third-order valence-corrected chi connectivity index (χ3v) is 3.94. The zero-order chi connectivity index (χ0) is 15.4. The highest BCUT2D eigenvalue weighted by Gasteiger charge is 2.39. The Bertz CT molecular complexity index is 498. The minimum absolute atomic E-state index is 0.147. The maximum atomic E-state index is 12.0. The number of hydrogen-bond acceptors (Lipinski definition) is 2. The normalized spacial score (nSPS) is 21.9. The number of carboxylic acids is 1. The van der Waals surface area contributed by atoms with Crippen molar-refractivity contribution in [2.75, 3.05) is 0 Å². The number of carbonyl (C=O) groups excluding carboxylic acids is 1. The molecule has 1 amide bonds. The SMILES string of the molecule is CC(C)C[C@@H](NC(=O)C[C@@H]1C[C@H]1c1ccccc1)C(=O)O. The van der Waals surface area contributed by atoms with Gasteiger partial charge in [-0.3, -0.25) is 4.79 Å². The minimum atomic E-state index is -0.951. The summed E-state index contributed by atoms with van der Waals surface area (Å²) in [6.45, 7) is 3.91. The van der Waals surface area contributed by atoms with E-state index in [1.54, 1.807) is 0 Å². The topological polar surface area (TPSA) is 66.4 Å². The van der Waals surface area contributed by atoms with Crippen LogP contribution < -0.4 is 5.32 Å². The Kier molecular flexibility index (Phi) is 4.99. The van der Waals surface area contributed by atoms with Crippen molar-refractivity contribution in [1.82, 2.24) is 5.32 Å². The van der Waals surface area contributed by atoms with E-state index < -0.39 is 12.0 Å². The van der Waals surface area contributed by atoms with Crippen LogP contribution in [0.4, 0.5) is 0 Å². The summed E-state index contributed by atoms with van der Waals surface area (Å²) in [4.78, 5) is 23.1. The van der Waals surface area contributed by atoms with Crippen LogP contribution in [0.15, 0.2) is 30.3 Å². The van der Waals surface area contributed by atoms with Gasteiger partial charge in [0.1, 0.15) is 6.04 Å². The van der Waals surface area contributed by atoms with E-state index >= 15 is 0 Å². The molecule has 3 atom stereocenters. The van der Waals surface area contributed by atoms with E-state index in [4.69, 9.17) is 5.11 Å². The first-order chi connectivity index (χ1) is 9.97. The Morgan fingerprint density at radius 2 is 1.95 bits per heavy atom. The van der Waals surface area contributed by atoms with Crippen molar-refractivity contribution in [1.29, 1.82) is 0 Å². The molecule has 1 aromatic carbocycles. The molecule has 1 aromatic rings. The highest BCUT2D eigenvalue weighted by molar-refractivity contribution is 5.83. The highest BCUT2D eigenvalue weighted by Crippen LogP contribution is 2.49. The second-order valence-corrected chi connectivity index (χ2v) is 6.30. The molecule has 0 radical (unpaired) electrons. The van der Waals surface area contributed by atoms with Crippen LogP contribution in [0, 0.1) is 11.8 Å². The largest absolute Gasteiger partial charge is 0.480 e. The molecular formula is C17H23NO3. The molecule has 4 heteroatoms. The third kappa shape index (κ3) is 4.59. The summed E-state index contributed by atoms with van der Waals surface area (Å²) in [6, 6.07) is 9.40. The van der Waals surface area contributed by atoms with E-state index in [1.807, 2.05) is 32.0 Å². The van der Waals surface area contributed by atoms with Gasteiger partial charge in [-0.2, -0.15) is 0 Å². The summed E-state index contributed by atoms with van der Waals surface area (Å²) in [5.41, 5.74) is 1.27. The van der Waals surface area contributed by atoms with Gasteiger partial charge >= 0.3 is 5.97 Å². The van der Waals surface area contributed by atoms with Crippen LogP contribution >= 0.6 is 0 Å². The first-order valence-corrected chi connectivity index (χ1v) is 7.54. The second-order valence-electron chi connectivity index (χ2n) is 6.30. The lowest BCUT2D eigenvalue weighted by molar-refractivity contribution is -0.142. The fraction of sp³-hybridized carbons (Fsp3) is 0.529. The van der Waals surface area contributed by atoms with Gasteiger partial charge in [-0.05, 0) is 36.2 Å². The molecule has 114 valence electrons. The average molecular weight is 289 g/mol. The predicted molar refractivity (Wildman–Crippen MR) is 80.9 cm³/mol. The molecule has 4 nitrogen and oxygen atoms in total. The van der Waals surface area contributed by atoms with Gasteiger partial charge in [-0.25, -0.2) is 4.79 Å². The van der Waals surface area contributed by atoms with E-state index in [2.05, 4.69) is 17.4 Å². The van der Waals surface area contributed by atoms with Crippen LogP contribution in [0.2, 0.25) is 0 Å². The van der Waals surface area contributed by atoms with Gasteiger partial charge in [0.15, 0.2) is 0 Å². The number of carboxylic acid groups (broad SMARTS) is 1. The number of rotatable bonds is 7. The maximum Gasteiger partial charge on any atom is 0.326 e. The lowest BCUT2D eigenvalue weighted by Crippen LogP contribution is -2.41. The number of amides is 1. The zero-order valence-corrected chi connectivity index (χ0v) is 12.6. The molecule has 0 bridgehead atoms. The molecule has 0 unspecified atom stereocenters. The van der Waals surface area contributed by atoms with E-state index in [1.165, 1.54) is 5.56 Å². The van der Waals surface area contributed by atoms with Crippen LogP contribution in [0.3, 0.4) is 0 Å². The van der Waals surface area contributed by atoms with Crippen LogP contribution in [0.1, 0.15) is 44.6 Å². The van der Waals surface area contributed by atoms with Gasteiger partial charge in [0.05, 0.1) is 0 Å². The van der Waals surface area contributed by atoms with Crippen molar-refractivity contribution in [3.8, 4) is 0 Å². The van der Waals surface area contributed by atoms with Gasteiger partial charge in [0.2, 0.25) is 5.91 Å². The molecule has 1 saturated carbocycles. The second kappa shape index (κ2) is 6.74. The molecule has 0 spiro atoms. The van der Waals surface area contributed by atoms with Gasteiger partial charge in [-0.15, -0.1) is 0 Å². The number of carbonyl (C=O) groups is 2. The predicted octanol–water partition coefficient (Wildman–Crippen LogP) is 2.80. The smallest absolute Gasteiger partial charge is 0.326 e. The van der Waals surface area contributed by atoms with E-state index in [-0.39, 0.29) is 11.8 Å². The molecule has 0 saturated heterocycles. The summed E-state index contributed by atoms with van der Waals surface area (Å²) in [6.07, 6.45) is 1.90. The monoisotopic (exact) mass is 289 g/mol. The molecule has 0 aromatic heterocycles. The molecule has 2 rings (SSSR count). The number of benzene rings is 1. The first-order valence-electron chi connectivity index (χ1n) is 7.54. The maximum absolute atomic E-state index is 12.0. The Balaban J connectivity index is 1.81. The van der Waals surface area contributed by atoms with Gasteiger partial charge in [0.25, 0.3) is 0 Å². The first kappa shape index (κ1) is 15.5. The Hall–Kier alpha value is -1.84. The van der Waals surface area contributed by atoms with E-state index in [0.717, 1.165) is 6.42 Å². The van der Waals surface area contributed by atoms with Crippen LogP contribution in [0.25, 0.3) is 0 Å². The molecule has 0 aliphatic heterocycles. The fourth-order valence-corrected chi connectivity index (χ4v) is 2.77. The molecule has 0 heterocycles. The van der Waals surface area contributed by atoms with Crippen molar-refractivity contribution in [2.45, 2.75) is 45.1 Å². The van der Waals surface area contributed by atoms with Crippen molar-refractivity contribution in [2.24, 2.45) is 11.8 Å². The number of hydrogen-bond donors (Lipinski definition) is 2. The quantitative estimate of drug-likeness (QED) is 0.811. The summed E-state index contributed by atoms with van der Waals surface area (Å²) >= 11 is 0. The van der Waals surface area contributed by atoms with Gasteiger partial charge in [0, 0.05) is 6.42 Å². The number of nitrogens with one attached hydrogen (secondary N) is 1. The summed E-state index contributed by atoms with van der Waals surface area (Å²) < 4.78 is 0. The fourth-order valence-electron chi connectivity index (χ4n) is 2.77. The molecule has 1 fully saturated rings. The lowest BCUT2D eigenvalue weighted by atomic mass is 10.0. The molecular weight excluding hydrogens is 266 g/mol. The molecule has 2 N–H and O–H groups in total. The third-order valence-electron chi connectivity index (χ3n) is 3.94. The van der Waals surface area contributed by atoms with Crippen molar-refractivity contribution >= 4 is 11.9 Å². The summed E-state index contributed by atoms with van der Waals surface area (Å²) in [7, 11) is 0. The van der Waals surface area contributed by atoms with E-state index in [9.17, 15) is 9.59 Å². The summed E-state index contributed by atoms with van der Waals surface area (Å²) in [5.74, 6) is -0.0606. The number of aliphatic carboxylic acids is 1. The molecule has 1 aliphatic rings. The zero-order valence-electron chi connectivity index (χ0n) is 12.6. The van der Waals surface area contributed by atoms with Gasteiger partial charge < -0.3 is 10.4 Å². The van der Waals surface area contributed by atoms with Crippen molar-refractivity contribution < 1.29 is 14.7 Å². The molecule has 21 heavy (non-hydrogen) atoms. The van der Waals surface area contributed by atoms with Gasteiger partial charge in [-0.1, -0.05) is 44.2 Å². The standard InChI is InChI=1S/C17H23NO3/c1-11(2)8-15(17(20)21)18-16(19)10-13-9-14(13)12-6-4-3-5-7-12/h3-7,11,13-15H,8-10H2,1-2H3,(H,18,19)(H,20,21)/t13-,14-,15+/m0/s1. The average Bonchev–Trinajstić information content (AvgIpc) is 3.17. The Morgan fingerprint density at radius 1 is 1.29 bits per heavy atom. The summed E-state index contributed by atoms with van der Waals surface area (Å²) in [5, 5.41) is 11.8. The van der Waals surface area contributed by atoms with Crippen LogP contribution in [-0.4, -0.2) is 23.0 Å². The van der Waals surface area contributed by atoms with Crippen molar-refractivity contribution in [3.05, 3.63) is 35.9 Å². The minimum Gasteiger partial charge on any atom is -0.480 e. The lowest BCUT2D eigenvalue weighted by Gasteiger charge is -2.16. The Morgan fingerprint density at radius 3 is 2.52 bits per heavy atom. The van der Waals surface area contributed by atoms with Crippen LogP contribution in [0.5, 0.6) is 0 Å². The van der Waals surface area contributed by atoms with E-state index in [0.29, 0.717) is 24.7 Å².